The summed E-state index contributed by atoms with van der Waals surface area (Å²) in [6.07, 6.45) is 4.35. The molecule has 4 nitrogen and oxygen atoms in total. The molecule has 2 heterocycles. The minimum absolute atomic E-state index is 0.0296. The van der Waals surface area contributed by atoms with Gasteiger partial charge in [-0.1, -0.05) is 20.3 Å². The Labute approximate surface area is 102 Å². The summed E-state index contributed by atoms with van der Waals surface area (Å²) in [6.45, 7) is 5.30. The fourth-order valence-electron chi connectivity index (χ4n) is 2.30. The van der Waals surface area contributed by atoms with E-state index in [-0.39, 0.29) is 11.6 Å². The Balaban J connectivity index is 2.21. The minimum atomic E-state index is -0.0296. The van der Waals surface area contributed by atoms with Crippen LogP contribution < -0.4 is 10.9 Å². The quantitative estimate of drug-likeness (QED) is 0.839. The predicted octanol–water partition coefficient (Wildman–Crippen LogP) is 1.78. The van der Waals surface area contributed by atoms with Crippen molar-refractivity contribution >= 4 is 0 Å². The molecule has 0 amide bonds. The average Bonchev–Trinajstić information content (AvgIpc) is 2.28. The van der Waals surface area contributed by atoms with Gasteiger partial charge in [0.15, 0.2) is 0 Å². The van der Waals surface area contributed by atoms with Crippen molar-refractivity contribution in [3.63, 3.8) is 0 Å². The van der Waals surface area contributed by atoms with E-state index in [4.69, 9.17) is 0 Å². The van der Waals surface area contributed by atoms with Gasteiger partial charge in [0.1, 0.15) is 5.82 Å². The Morgan fingerprint density at radius 3 is 2.94 bits per heavy atom. The van der Waals surface area contributed by atoms with Crippen molar-refractivity contribution in [1.82, 2.24) is 15.3 Å². The number of H-pyrrole nitrogens is 1. The van der Waals surface area contributed by atoms with Gasteiger partial charge in [-0.05, 0) is 31.7 Å². The van der Waals surface area contributed by atoms with E-state index in [9.17, 15) is 4.79 Å². The van der Waals surface area contributed by atoms with E-state index >= 15 is 0 Å². The third-order valence-corrected chi connectivity index (χ3v) is 3.07. The second-order valence-electron chi connectivity index (χ2n) is 5.22. The molecule has 0 aliphatic carbocycles. The molecule has 1 aliphatic rings. The largest absolute Gasteiger partial charge is 0.309 e. The molecule has 1 saturated heterocycles. The van der Waals surface area contributed by atoms with Gasteiger partial charge >= 0.3 is 0 Å². The van der Waals surface area contributed by atoms with Crippen LogP contribution in [-0.4, -0.2) is 16.5 Å². The molecule has 0 radical (unpaired) electrons. The van der Waals surface area contributed by atoms with Crippen LogP contribution >= 0.6 is 0 Å². The molecule has 2 rings (SSSR count). The van der Waals surface area contributed by atoms with E-state index < -0.39 is 0 Å². The van der Waals surface area contributed by atoms with Crippen molar-refractivity contribution in [3.05, 3.63) is 27.9 Å². The van der Waals surface area contributed by atoms with E-state index in [0.29, 0.717) is 5.92 Å². The molecule has 1 unspecified atom stereocenters. The molecule has 17 heavy (non-hydrogen) atoms. The average molecular weight is 235 g/mol. The van der Waals surface area contributed by atoms with E-state index in [0.717, 1.165) is 30.9 Å². The van der Waals surface area contributed by atoms with Gasteiger partial charge in [-0.2, -0.15) is 0 Å². The number of nitrogens with one attached hydrogen (secondary N) is 2. The maximum absolute atomic E-state index is 11.6. The molecule has 0 aromatic carbocycles. The Morgan fingerprint density at radius 1 is 1.47 bits per heavy atom. The van der Waals surface area contributed by atoms with Crippen LogP contribution in [0.15, 0.2) is 10.9 Å². The Hall–Kier alpha value is -1.16. The van der Waals surface area contributed by atoms with Gasteiger partial charge in [0.2, 0.25) is 0 Å². The first-order valence-electron chi connectivity index (χ1n) is 6.48. The molecule has 1 aromatic rings. The monoisotopic (exact) mass is 235 g/mol. The molecule has 0 bridgehead atoms. The van der Waals surface area contributed by atoms with Crippen molar-refractivity contribution in [2.24, 2.45) is 5.92 Å². The lowest BCUT2D eigenvalue weighted by atomic mass is 10.0. The second kappa shape index (κ2) is 5.45. The standard InChI is InChI=1S/C13H21N3O/c1-9(2)7-10-8-12(17)16-13(15-10)11-5-3-4-6-14-11/h8-9,11,14H,3-7H2,1-2H3,(H,15,16,17). The predicted molar refractivity (Wildman–Crippen MR) is 68.0 cm³/mol. The zero-order valence-electron chi connectivity index (χ0n) is 10.6. The van der Waals surface area contributed by atoms with E-state index in [2.05, 4.69) is 29.1 Å². The highest BCUT2D eigenvalue weighted by molar-refractivity contribution is 5.06. The number of hydrogen-bond donors (Lipinski definition) is 2. The highest BCUT2D eigenvalue weighted by Crippen LogP contribution is 2.19. The van der Waals surface area contributed by atoms with Crippen LogP contribution in [0.2, 0.25) is 0 Å². The van der Waals surface area contributed by atoms with Crippen LogP contribution in [0.4, 0.5) is 0 Å². The zero-order valence-corrected chi connectivity index (χ0v) is 10.6. The Morgan fingerprint density at radius 2 is 2.29 bits per heavy atom. The molecular weight excluding hydrogens is 214 g/mol. The topological polar surface area (TPSA) is 57.8 Å². The first kappa shape index (κ1) is 12.3. The normalized spacial score (nSPS) is 20.8. The van der Waals surface area contributed by atoms with Crippen LogP contribution in [0.5, 0.6) is 0 Å². The van der Waals surface area contributed by atoms with Crippen molar-refractivity contribution < 1.29 is 0 Å². The fourth-order valence-corrected chi connectivity index (χ4v) is 2.30. The Bertz CT molecular complexity index is 419. The summed E-state index contributed by atoms with van der Waals surface area (Å²) in [6, 6.07) is 1.84. The molecule has 2 N–H and O–H groups in total. The molecule has 94 valence electrons. The zero-order chi connectivity index (χ0) is 12.3. The van der Waals surface area contributed by atoms with Crippen molar-refractivity contribution in [3.8, 4) is 0 Å². The number of piperidine rings is 1. The maximum atomic E-state index is 11.6. The van der Waals surface area contributed by atoms with E-state index in [1.54, 1.807) is 6.07 Å². The number of aromatic amines is 1. The van der Waals surface area contributed by atoms with Gasteiger partial charge in [0, 0.05) is 11.8 Å². The lowest BCUT2D eigenvalue weighted by molar-refractivity contribution is 0.395. The molecule has 1 fully saturated rings. The first-order chi connectivity index (χ1) is 8.15. The van der Waals surface area contributed by atoms with Crippen LogP contribution in [0.3, 0.4) is 0 Å². The van der Waals surface area contributed by atoms with Crippen LogP contribution in [0.1, 0.15) is 50.7 Å². The number of rotatable bonds is 3. The van der Waals surface area contributed by atoms with E-state index in [1.165, 1.54) is 12.8 Å². The minimum Gasteiger partial charge on any atom is -0.309 e. The second-order valence-corrected chi connectivity index (χ2v) is 5.22. The summed E-state index contributed by atoms with van der Waals surface area (Å²) in [5.74, 6) is 1.34. The summed E-state index contributed by atoms with van der Waals surface area (Å²) >= 11 is 0. The highest BCUT2D eigenvalue weighted by Gasteiger charge is 2.17. The fraction of sp³-hybridized carbons (Fsp3) is 0.692. The first-order valence-corrected chi connectivity index (χ1v) is 6.48. The van der Waals surface area contributed by atoms with Gasteiger partial charge in [0.25, 0.3) is 5.56 Å². The van der Waals surface area contributed by atoms with E-state index in [1.807, 2.05) is 0 Å². The molecule has 0 spiro atoms. The molecular formula is C13H21N3O. The summed E-state index contributed by atoms with van der Waals surface area (Å²) in [4.78, 5) is 19.1. The molecule has 1 aromatic heterocycles. The van der Waals surface area contributed by atoms with Gasteiger partial charge < -0.3 is 10.3 Å². The summed E-state index contributed by atoms with van der Waals surface area (Å²) < 4.78 is 0. The van der Waals surface area contributed by atoms with Crippen molar-refractivity contribution in [1.29, 1.82) is 0 Å². The van der Waals surface area contributed by atoms with Gasteiger partial charge in [-0.3, -0.25) is 4.79 Å². The highest BCUT2D eigenvalue weighted by atomic mass is 16.1. The summed E-state index contributed by atoms with van der Waals surface area (Å²) in [5, 5.41) is 3.41. The molecule has 0 saturated carbocycles. The molecule has 1 atom stereocenters. The number of hydrogen-bond acceptors (Lipinski definition) is 3. The number of aromatic nitrogens is 2. The van der Waals surface area contributed by atoms with Crippen molar-refractivity contribution in [2.75, 3.05) is 6.54 Å². The third kappa shape index (κ3) is 3.40. The molecule has 1 aliphatic heterocycles. The van der Waals surface area contributed by atoms with Gasteiger partial charge in [-0.15, -0.1) is 0 Å². The SMILES string of the molecule is CC(C)Cc1cc(=O)[nH]c(C2CCCCN2)n1. The van der Waals surface area contributed by atoms with Gasteiger partial charge in [0.05, 0.1) is 6.04 Å². The van der Waals surface area contributed by atoms with Crippen LogP contribution in [0.25, 0.3) is 0 Å². The lowest BCUT2D eigenvalue weighted by Crippen LogP contribution is -2.30. The lowest BCUT2D eigenvalue weighted by Gasteiger charge is -2.22. The summed E-state index contributed by atoms with van der Waals surface area (Å²) in [7, 11) is 0. The van der Waals surface area contributed by atoms with Gasteiger partial charge in [-0.25, -0.2) is 4.98 Å². The Kier molecular flexibility index (Phi) is 3.94. The van der Waals surface area contributed by atoms with Crippen LogP contribution in [-0.2, 0) is 6.42 Å². The van der Waals surface area contributed by atoms with Crippen LogP contribution in [0, 0.1) is 5.92 Å². The smallest absolute Gasteiger partial charge is 0.251 e. The third-order valence-electron chi connectivity index (χ3n) is 3.07. The summed E-state index contributed by atoms with van der Waals surface area (Å²) in [5.41, 5.74) is 0.879. The maximum Gasteiger partial charge on any atom is 0.251 e. The number of nitrogens with zero attached hydrogens (tertiary/aromatic N) is 1. The molecule has 4 heteroatoms. The van der Waals surface area contributed by atoms with Crippen molar-refractivity contribution in [2.45, 2.75) is 45.6 Å².